The van der Waals surface area contributed by atoms with Gasteiger partial charge in [0.05, 0.1) is 0 Å². The molecule has 0 unspecified atom stereocenters. The van der Waals surface area contributed by atoms with Gasteiger partial charge in [-0.3, -0.25) is 5.73 Å². The van der Waals surface area contributed by atoms with E-state index in [-0.39, 0.29) is 0 Å². The Hall–Kier alpha value is -1.06. The molecule has 0 saturated heterocycles. The fourth-order valence-electron chi connectivity index (χ4n) is 1.14. The second kappa shape index (κ2) is 4.09. The zero-order valence-corrected chi connectivity index (χ0v) is 7.14. The van der Waals surface area contributed by atoms with Crippen LogP contribution in [0.15, 0.2) is 30.3 Å². The van der Waals surface area contributed by atoms with Gasteiger partial charge < -0.3 is 10.0 Å². The molecule has 0 amide bonds. The van der Waals surface area contributed by atoms with Crippen molar-refractivity contribution in [1.82, 2.24) is 0 Å². The van der Waals surface area contributed by atoms with Crippen molar-refractivity contribution in [2.24, 2.45) is 5.73 Å². The number of nitrogens with zero attached hydrogens (tertiary/aromatic N) is 1. The normalized spacial score (nSPS) is 12.6. The van der Waals surface area contributed by atoms with Crippen LogP contribution in [0, 0.1) is 0 Å². The number of hydrogen-bond donors (Lipinski definition) is 2. The fraction of sp³-hybridized carbons (Fsp3) is 0.333. The molecule has 0 aromatic heterocycles. The van der Waals surface area contributed by atoms with Gasteiger partial charge in [0.15, 0.2) is 6.35 Å². The monoisotopic (exact) mass is 166 g/mol. The number of benzene rings is 1. The minimum atomic E-state index is -0.919. The van der Waals surface area contributed by atoms with Crippen molar-refractivity contribution in [3.8, 4) is 0 Å². The van der Waals surface area contributed by atoms with Crippen LogP contribution in [-0.2, 0) is 0 Å². The molecule has 3 heteroatoms. The van der Waals surface area contributed by atoms with Gasteiger partial charge in [-0.1, -0.05) is 18.2 Å². The van der Waals surface area contributed by atoms with Crippen LogP contribution in [-0.4, -0.2) is 18.0 Å². The zero-order valence-electron chi connectivity index (χ0n) is 7.14. The Bertz CT molecular complexity index is 223. The zero-order chi connectivity index (χ0) is 8.97. The minimum absolute atomic E-state index is 0.696. The summed E-state index contributed by atoms with van der Waals surface area (Å²) in [5.74, 6) is 0. The van der Waals surface area contributed by atoms with Gasteiger partial charge in [-0.2, -0.15) is 0 Å². The van der Waals surface area contributed by atoms with E-state index in [0.29, 0.717) is 6.54 Å². The summed E-state index contributed by atoms with van der Waals surface area (Å²) in [6, 6.07) is 9.60. The van der Waals surface area contributed by atoms with Crippen molar-refractivity contribution in [2.75, 3.05) is 11.4 Å². The van der Waals surface area contributed by atoms with Gasteiger partial charge in [-0.25, -0.2) is 0 Å². The summed E-state index contributed by atoms with van der Waals surface area (Å²) in [4.78, 5) is 1.71. The Morgan fingerprint density at radius 3 is 2.42 bits per heavy atom. The molecule has 3 N–H and O–H groups in total. The Kier molecular flexibility index (Phi) is 3.08. The topological polar surface area (TPSA) is 49.5 Å². The smallest absolute Gasteiger partial charge is 0.181 e. The highest BCUT2D eigenvalue weighted by atomic mass is 16.3. The summed E-state index contributed by atoms with van der Waals surface area (Å²) in [7, 11) is 0. The number of aliphatic hydroxyl groups excluding tert-OH is 1. The highest BCUT2D eigenvalue weighted by molar-refractivity contribution is 5.45. The lowest BCUT2D eigenvalue weighted by atomic mass is 10.3. The predicted molar refractivity (Wildman–Crippen MR) is 49.7 cm³/mol. The van der Waals surface area contributed by atoms with Gasteiger partial charge in [0.25, 0.3) is 0 Å². The molecule has 0 aliphatic carbocycles. The van der Waals surface area contributed by atoms with E-state index in [9.17, 15) is 0 Å². The first kappa shape index (κ1) is 9.03. The van der Waals surface area contributed by atoms with Crippen LogP contribution in [0.1, 0.15) is 6.92 Å². The Morgan fingerprint density at radius 1 is 1.42 bits per heavy atom. The summed E-state index contributed by atoms with van der Waals surface area (Å²) in [6.07, 6.45) is -0.919. The van der Waals surface area contributed by atoms with Gasteiger partial charge in [0, 0.05) is 12.2 Å². The van der Waals surface area contributed by atoms with E-state index in [1.165, 1.54) is 0 Å². The van der Waals surface area contributed by atoms with Gasteiger partial charge in [-0.15, -0.1) is 0 Å². The van der Waals surface area contributed by atoms with Crippen molar-refractivity contribution < 1.29 is 5.11 Å². The number of rotatable bonds is 3. The molecule has 1 rings (SSSR count). The van der Waals surface area contributed by atoms with Crippen LogP contribution in [0.5, 0.6) is 0 Å². The molecule has 0 aliphatic rings. The summed E-state index contributed by atoms with van der Waals surface area (Å²) in [6.45, 7) is 2.64. The third-order valence-corrected chi connectivity index (χ3v) is 1.75. The van der Waals surface area contributed by atoms with E-state index in [2.05, 4.69) is 0 Å². The summed E-state index contributed by atoms with van der Waals surface area (Å²) < 4.78 is 0. The number of anilines is 1. The molecule has 1 atom stereocenters. The largest absolute Gasteiger partial charge is 0.361 e. The molecular formula is C9H14N2O. The van der Waals surface area contributed by atoms with Crippen molar-refractivity contribution >= 4 is 5.69 Å². The Labute approximate surface area is 72.4 Å². The molecule has 0 fully saturated rings. The molecule has 0 aliphatic heterocycles. The van der Waals surface area contributed by atoms with Gasteiger partial charge >= 0.3 is 0 Å². The summed E-state index contributed by atoms with van der Waals surface area (Å²) in [5, 5.41) is 9.17. The van der Waals surface area contributed by atoms with Crippen LogP contribution in [0.3, 0.4) is 0 Å². The summed E-state index contributed by atoms with van der Waals surface area (Å²) >= 11 is 0. The molecule has 12 heavy (non-hydrogen) atoms. The van der Waals surface area contributed by atoms with Crippen LogP contribution in [0.2, 0.25) is 0 Å². The molecule has 1 aromatic carbocycles. The van der Waals surface area contributed by atoms with E-state index >= 15 is 0 Å². The second-order valence-corrected chi connectivity index (χ2v) is 2.54. The molecule has 0 radical (unpaired) electrons. The lowest BCUT2D eigenvalue weighted by molar-refractivity contribution is 0.177. The highest BCUT2D eigenvalue weighted by Gasteiger charge is 2.07. The van der Waals surface area contributed by atoms with Crippen molar-refractivity contribution in [3.63, 3.8) is 0 Å². The van der Waals surface area contributed by atoms with Crippen LogP contribution in [0.25, 0.3) is 0 Å². The molecule has 1 aromatic rings. The quantitative estimate of drug-likeness (QED) is 0.651. The van der Waals surface area contributed by atoms with E-state index < -0.39 is 6.35 Å². The molecule has 0 bridgehead atoms. The average molecular weight is 166 g/mol. The first-order chi connectivity index (χ1) is 5.75. The third-order valence-electron chi connectivity index (χ3n) is 1.75. The van der Waals surface area contributed by atoms with E-state index in [1.54, 1.807) is 4.90 Å². The lowest BCUT2D eigenvalue weighted by Gasteiger charge is -2.25. The Balaban J connectivity index is 2.80. The van der Waals surface area contributed by atoms with E-state index in [0.717, 1.165) is 5.69 Å². The van der Waals surface area contributed by atoms with Crippen LogP contribution in [0.4, 0.5) is 5.69 Å². The fourth-order valence-corrected chi connectivity index (χ4v) is 1.14. The molecule has 0 saturated carbocycles. The molecular weight excluding hydrogens is 152 g/mol. The van der Waals surface area contributed by atoms with Crippen LogP contribution < -0.4 is 10.6 Å². The van der Waals surface area contributed by atoms with E-state index in [1.807, 2.05) is 37.3 Å². The first-order valence-electron chi connectivity index (χ1n) is 4.01. The predicted octanol–water partition coefficient (Wildman–Crippen LogP) is 0.748. The van der Waals surface area contributed by atoms with Gasteiger partial charge in [-0.05, 0) is 19.1 Å². The Morgan fingerprint density at radius 2 is 2.00 bits per heavy atom. The average Bonchev–Trinajstić information content (AvgIpc) is 2.07. The number of aliphatic hydroxyl groups is 1. The van der Waals surface area contributed by atoms with Gasteiger partial charge in [0.2, 0.25) is 0 Å². The highest BCUT2D eigenvalue weighted by Crippen LogP contribution is 2.12. The molecule has 0 heterocycles. The van der Waals surface area contributed by atoms with Crippen molar-refractivity contribution in [1.29, 1.82) is 0 Å². The number of para-hydroxylation sites is 1. The molecule has 66 valence electrons. The number of hydrogen-bond acceptors (Lipinski definition) is 3. The van der Waals surface area contributed by atoms with E-state index in [4.69, 9.17) is 10.8 Å². The maximum absolute atomic E-state index is 9.17. The standard InChI is InChI=1S/C9H14N2O/c1-2-11(9(10)12)8-6-4-3-5-7-8/h3-7,9,12H,2,10H2,1H3/t9-/m1/s1. The third kappa shape index (κ3) is 1.96. The molecule has 3 nitrogen and oxygen atoms in total. The maximum Gasteiger partial charge on any atom is 0.181 e. The molecule has 0 spiro atoms. The van der Waals surface area contributed by atoms with Gasteiger partial charge in [0.1, 0.15) is 0 Å². The van der Waals surface area contributed by atoms with Crippen molar-refractivity contribution in [3.05, 3.63) is 30.3 Å². The summed E-state index contributed by atoms with van der Waals surface area (Å²) in [5.41, 5.74) is 6.30. The second-order valence-electron chi connectivity index (χ2n) is 2.54. The first-order valence-corrected chi connectivity index (χ1v) is 4.01. The van der Waals surface area contributed by atoms with Crippen LogP contribution >= 0.6 is 0 Å². The lowest BCUT2D eigenvalue weighted by Crippen LogP contribution is -2.41. The van der Waals surface area contributed by atoms with Crippen molar-refractivity contribution in [2.45, 2.75) is 13.3 Å². The maximum atomic E-state index is 9.17. The number of nitrogens with two attached hydrogens (primary N) is 1. The minimum Gasteiger partial charge on any atom is -0.361 e. The SMILES string of the molecule is CCN(c1ccccc1)[C@@H](N)O.